The molecule has 0 radical (unpaired) electrons. The van der Waals surface area contributed by atoms with Gasteiger partial charge < -0.3 is 20.1 Å². The molecule has 8 nitrogen and oxygen atoms in total. The molecule has 0 saturated carbocycles. The Balaban J connectivity index is 1.52. The highest BCUT2D eigenvalue weighted by Gasteiger charge is 2.17. The molecule has 1 heterocycles. The van der Waals surface area contributed by atoms with Crippen molar-refractivity contribution in [2.45, 2.75) is 46.3 Å². The van der Waals surface area contributed by atoms with E-state index in [2.05, 4.69) is 29.6 Å². The number of nitrogens with zero attached hydrogens (tertiary/aromatic N) is 2. The Bertz CT molecular complexity index is 1110. The van der Waals surface area contributed by atoms with Crippen LogP contribution in [0.3, 0.4) is 0 Å². The maximum Gasteiger partial charge on any atom is 0.265 e. The van der Waals surface area contributed by atoms with Crippen LogP contribution in [0.25, 0.3) is 0 Å². The minimum Gasteiger partial charge on any atom is -0.497 e. The predicted octanol–water partition coefficient (Wildman–Crippen LogP) is 4.37. The van der Waals surface area contributed by atoms with E-state index in [4.69, 9.17) is 9.47 Å². The van der Waals surface area contributed by atoms with Crippen LogP contribution in [0.4, 0.5) is 11.4 Å². The molecule has 2 N–H and O–H groups in total. The van der Waals surface area contributed by atoms with E-state index in [-0.39, 0.29) is 18.4 Å². The second-order valence-corrected chi connectivity index (χ2v) is 8.13. The van der Waals surface area contributed by atoms with Crippen LogP contribution in [-0.4, -0.2) is 34.8 Å². The molecule has 0 fully saturated rings. The fourth-order valence-corrected chi connectivity index (χ4v) is 3.41. The SMILES string of the molecule is COc1ccc(NC(=O)Cn2cc(NC(=O)C(C)Oc3ccc(C(C)C)c(C)c3)cn2)cc1. The Morgan fingerprint density at radius 2 is 1.70 bits per heavy atom. The molecular formula is C25H30N4O4. The number of hydrogen-bond acceptors (Lipinski definition) is 5. The quantitative estimate of drug-likeness (QED) is 0.505. The lowest BCUT2D eigenvalue weighted by Crippen LogP contribution is -2.30. The lowest BCUT2D eigenvalue weighted by Gasteiger charge is -2.16. The zero-order valence-electron chi connectivity index (χ0n) is 19.6. The average Bonchev–Trinajstić information content (AvgIpc) is 3.20. The number of rotatable bonds is 9. The highest BCUT2D eigenvalue weighted by atomic mass is 16.5. The molecule has 33 heavy (non-hydrogen) atoms. The molecule has 2 amide bonds. The summed E-state index contributed by atoms with van der Waals surface area (Å²) < 4.78 is 12.4. The fourth-order valence-electron chi connectivity index (χ4n) is 3.41. The van der Waals surface area contributed by atoms with Crippen molar-refractivity contribution in [3.63, 3.8) is 0 Å². The molecule has 1 unspecified atom stereocenters. The van der Waals surface area contributed by atoms with Gasteiger partial charge in [0.05, 0.1) is 19.0 Å². The summed E-state index contributed by atoms with van der Waals surface area (Å²) in [6, 6.07) is 12.9. The van der Waals surface area contributed by atoms with Crippen LogP contribution in [0.1, 0.15) is 37.8 Å². The van der Waals surface area contributed by atoms with E-state index in [9.17, 15) is 9.59 Å². The third-order valence-corrected chi connectivity index (χ3v) is 5.13. The molecule has 3 rings (SSSR count). The van der Waals surface area contributed by atoms with Gasteiger partial charge in [0.2, 0.25) is 5.91 Å². The smallest absolute Gasteiger partial charge is 0.265 e. The van der Waals surface area contributed by atoms with Crippen LogP contribution in [-0.2, 0) is 16.1 Å². The van der Waals surface area contributed by atoms with Gasteiger partial charge in [-0.2, -0.15) is 5.10 Å². The van der Waals surface area contributed by atoms with Crippen molar-refractivity contribution in [3.8, 4) is 11.5 Å². The molecule has 0 aliphatic carbocycles. The van der Waals surface area contributed by atoms with Gasteiger partial charge in [-0.05, 0) is 67.3 Å². The van der Waals surface area contributed by atoms with Crippen molar-refractivity contribution in [1.29, 1.82) is 0 Å². The number of ether oxygens (including phenoxy) is 2. The first kappa shape index (κ1) is 23.8. The van der Waals surface area contributed by atoms with Gasteiger partial charge in [-0.3, -0.25) is 14.3 Å². The number of methoxy groups -OCH3 is 1. The van der Waals surface area contributed by atoms with Crippen molar-refractivity contribution in [2.75, 3.05) is 17.7 Å². The third-order valence-electron chi connectivity index (χ3n) is 5.13. The standard InChI is InChI=1S/C25H30N4O4/c1-16(2)23-11-10-22(12-17(23)3)33-18(4)25(31)28-20-13-26-29(14-20)15-24(30)27-19-6-8-21(32-5)9-7-19/h6-14,16,18H,15H2,1-5H3,(H,27,30)(H,28,31). The molecule has 2 aromatic carbocycles. The topological polar surface area (TPSA) is 94.5 Å². The number of hydrogen-bond donors (Lipinski definition) is 2. The van der Waals surface area contributed by atoms with Gasteiger partial charge in [0.1, 0.15) is 18.0 Å². The minimum absolute atomic E-state index is 0.00936. The summed E-state index contributed by atoms with van der Waals surface area (Å²) in [5.41, 5.74) is 3.52. The van der Waals surface area contributed by atoms with Crippen LogP contribution in [0.2, 0.25) is 0 Å². The second kappa shape index (κ2) is 10.7. The molecule has 1 aromatic heterocycles. The average molecular weight is 451 g/mol. The predicted molar refractivity (Wildman–Crippen MR) is 128 cm³/mol. The maximum absolute atomic E-state index is 12.5. The lowest BCUT2D eigenvalue weighted by atomic mass is 9.98. The lowest BCUT2D eigenvalue weighted by molar-refractivity contribution is -0.122. The number of anilines is 2. The summed E-state index contributed by atoms with van der Waals surface area (Å²) in [5, 5.41) is 9.70. The third kappa shape index (κ3) is 6.58. The Labute approximate surface area is 193 Å². The largest absolute Gasteiger partial charge is 0.497 e. The summed E-state index contributed by atoms with van der Waals surface area (Å²) in [5.74, 6) is 1.24. The molecule has 174 valence electrons. The van der Waals surface area contributed by atoms with Gasteiger partial charge in [-0.15, -0.1) is 0 Å². The first-order valence-electron chi connectivity index (χ1n) is 10.8. The van der Waals surface area contributed by atoms with Gasteiger partial charge in [-0.25, -0.2) is 0 Å². The molecule has 0 aliphatic rings. The van der Waals surface area contributed by atoms with Crippen molar-refractivity contribution in [3.05, 3.63) is 66.0 Å². The summed E-state index contributed by atoms with van der Waals surface area (Å²) in [4.78, 5) is 24.8. The Morgan fingerprint density at radius 3 is 2.33 bits per heavy atom. The van der Waals surface area contributed by atoms with Gasteiger partial charge in [-0.1, -0.05) is 19.9 Å². The summed E-state index contributed by atoms with van der Waals surface area (Å²) in [7, 11) is 1.58. The first-order chi connectivity index (χ1) is 15.7. The van der Waals surface area contributed by atoms with Crippen LogP contribution in [0.15, 0.2) is 54.9 Å². The van der Waals surface area contributed by atoms with E-state index < -0.39 is 6.10 Å². The van der Waals surface area contributed by atoms with E-state index in [1.54, 1.807) is 44.5 Å². The second-order valence-electron chi connectivity index (χ2n) is 8.13. The van der Waals surface area contributed by atoms with E-state index >= 15 is 0 Å². The maximum atomic E-state index is 12.5. The van der Waals surface area contributed by atoms with Crippen molar-refractivity contribution in [2.24, 2.45) is 0 Å². The van der Waals surface area contributed by atoms with Gasteiger partial charge in [0.25, 0.3) is 5.91 Å². The highest BCUT2D eigenvalue weighted by molar-refractivity contribution is 5.94. The summed E-state index contributed by atoms with van der Waals surface area (Å²) in [6.07, 6.45) is 2.39. The van der Waals surface area contributed by atoms with Crippen molar-refractivity contribution < 1.29 is 19.1 Å². The summed E-state index contributed by atoms with van der Waals surface area (Å²) in [6.45, 7) is 8.01. The number of carbonyl (C=O) groups is 2. The minimum atomic E-state index is -0.698. The van der Waals surface area contributed by atoms with Crippen LogP contribution in [0, 0.1) is 6.92 Å². The van der Waals surface area contributed by atoms with Crippen LogP contribution < -0.4 is 20.1 Å². The monoisotopic (exact) mass is 450 g/mol. The molecule has 0 aliphatic heterocycles. The normalized spacial score (nSPS) is 11.7. The zero-order chi connectivity index (χ0) is 24.0. The fraction of sp³-hybridized carbons (Fsp3) is 0.320. The van der Waals surface area contributed by atoms with Crippen molar-refractivity contribution >= 4 is 23.2 Å². The molecule has 0 spiro atoms. The Morgan fingerprint density at radius 1 is 1.00 bits per heavy atom. The van der Waals surface area contributed by atoms with E-state index in [0.29, 0.717) is 28.8 Å². The number of aromatic nitrogens is 2. The summed E-state index contributed by atoms with van der Waals surface area (Å²) >= 11 is 0. The first-order valence-corrected chi connectivity index (χ1v) is 10.8. The number of carbonyl (C=O) groups excluding carboxylic acids is 2. The number of amides is 2. The number of benzene rings is 2. The van der Waals surface area contributed by atoms with Crippen LogP contribution in [0.5, 0.6) is 11.5 Å². The molecule has 0 bridgehead atoms. The number of nitrogens with one attached hydrogen (secondary N) is 2. The Kier molecular flexibility index (Phi) is 7.71. The number of aryl methyl sites for hydroxylation is 1. The molecular weight excluding hydrogens is 420 g/mol. The van der Waals surface area contributed by atoms with Crippen molar-refractivity contribution in [1.82, 2.24) is 9.78 Å². The molecule has 0 saturated heterocycles. The molecule has 8 heteroatoms. The molecule has 3 aromatic rings. The van der Waals surface area contributed by atoms with E-state index in [1.165, 1.54) is 16.4 Å². The molecule has 1 atom stereocenters. The van der Waals surface area contributed by atoms with Gasteiger partial charge in [0.15, 0.2) is 6.10 Å². The van der Waals surface area contributed by atoms with Gasteiger partial charge >= 0.3 is 0 Å². The van der Waals surface area contributed by atoms with E-state index in [0.717, 1.165) is 5.56 Å². The van der Waals surface area contributed by atoms with E-state index in [1.807, 2.05) is 25.1 Å². The zero-order valence-corrected chi connectivity index (χ0v) is 19.6. The Hall–Kier alpha value is -3.81. The van der Waals surface area contributed by atoms with Crippen LogP contribution >= 0.6 is 0 Å². The highest BCUT2D eigenvalue weighted by Crippen LogP contribution is 2.24. The van der Waals surface area contributed by atoms with Gasteiger partial charge in [0, 0.05) is 11.9 Å².